The monoisotopic (exact) mass is 293 g/mol. The molecule has 4 heteroatoms. The molecular weight excluding hydrogens is 277 g/mol. The second-order valence-electron chi connectivity index (χ2n) is 4.43. The number of rotatable bonds is 5. The summed E-state index contributed by atoms with van der Waals surface area (Å²) in [5.74, 6) is 0.496. The minimum atomic E-state index is -0.291. The Morgan fingerprint density at radius 1 is 1.20 bits per heavy atom. The van der Waals surface area contributed by atoms with Crippen LogP contribution >= 0.6 is 11.6 Å². The highest BCUT2D eigenvalue weighted by atomic mass is 35.5. The van der Waals surface area contributed by atoms with E-state index in [1.165, 1.54) is 12.1 Å². The van der Waals surface area contributed by atoms with Crippen LogP contribution in [0.15, 0.2) is 42.5 Å². The van der Waals surface area contributed by atoms with Gasteiger partial charge in [0, 0.05) is 5.02 Å². The largest absolute Gasteiger partial charge is 0.497 e. The van der Waals surface area contributed by atoms with Gasteiger partial charge in [0.1, 0.15) is 11.6 Å². The van der Waals surface area contributed by atoms with Crippen molar-refractivity contribution in [1.82, 2.24) is 5.32 Å². The lowest BCUT2D eigenvalue weighted by Gasteiger charge is -2.20. The van der Waals surface area contributed by atoms with Gasteiger partial charge in [-0.2, -0.15) is 0 Å². The Balaban J connectivity index is 2.41. The number of methoxy groups -OCH3 is 1. The van der Waals surface area contributed by atoms with Gasteiger partial charge in [-0.05, 0) is 48.0 Å². The molecule has 0 saturated carbocycles. The van der Waals surface area contributed by atoms with E-state index in [1.54, 1.807) is 13.2 Å². The minimum Gasteiger partial charge on any atom is -0.497 e. The van der Waals surface area contributed by atoms with Crippen LogP contribution in [0.4, 0.5) is 4.39 Å². The van der Waals surface area contributed by atoms with E-state index in [1.807, 2.05) is 31.2 Å². The number of benzene rings is 2. The Kier molecular flexibility index (Phi) is 4.99. The summed E-state index contributed by atoms with van der Waals surface area (Å²) in [6.45, 7) is 2.76. The third kappa shape index (κ3) is 3.30. The molecule has 0 saturated heterocycles. The molecule has 0 aliphatic rings. The fourth-order valence-corrected chi connectivity index (χ4v) is 2.37. The van der Waals surface area contributed by atoms with Gasteiger partial charge < -0.3 is 10.1 Å². The zero-order chi connectivity index (χ0) is 14.5. The minimum absolute atomic E-state index is 0.144. The molecular formula is C16H17ClFNO. The quantitative estimate of drug-likeness (QED) is 0.892. The van der Waals surface area contributed by atoms with Crippen LogP contribution < -0.4 is 10.1 Å². The summed E-state index contributed by atoms with van der Waals surface area (Å²) in [5.41, 5.74) is 1.75. The molecule has 2 rings (SSSR count). The Bertz CT molecular complexity index is 571. The van der Waals surface area contributed by atoms with Gasteiger partial charge >= 0.3 is 0 Å². The summed E-state index contributed by atoms with van der Waals surface area (Å²) < 4.78 is 18.6. The normalized spacial score (nSPS) is 12.2. The standard InChI is InChI=1S/C16H17ClFNO/c1-3-19-16(11-4-7-13(20-2)8-5-11)14-10-12(18)6-9-15(14)17/h4-10,16,19H,3H2,1-2H3. The van der Waals surface area contributed by atoms with Gasteiger partial charge in [0.15, 0.2) is 0 Å². The maximum absolute atomic E-state index is 13.5. The fourth-order valence-electron chi connectivity index (χ4n) is 2.14. The maximum atomic E-state index is 13.5. The van der Waals surface area contributed by atoms with Crippen molar-refractivity contribution in [3.8, 4) is 5.75 Å². The molecule has 0 aliphatic carbocycles. The van der Waals surface area contributed by atoms with Crippen LogP contribution in [0, 0.1) is 5.82 Å². The highest BCUT2D eigenvalue weighted by Crippen LogP contribution is 2.30. The molecule has 1 unspecified atom stereocenters. The number of hydrogen-bond acceptors (Lipinski definition) is 2. The first-order chi connectivity index (χ1) is 9.65. The molecule has 0 aliphatic heterocycles. The topological polar surface area (TPSA) is 21.3 Å². The number of hydrogen-bond donors (Lipinski definition) is 1. The van der Waals surface area contributed by atoms with Crippen LogP contribution in [0.2, 0.25) is 5.02 Å². The van der Waals surface area contributed by atoms with Crippen molar-refractivity contribution in [3.05, 3.63) is 64.4 Å². The van der Waals surface area contributed by atoms with Crippen molar-refractivity contribution in [3.63, 3.8) is 0 Å². The van der Waals surface area contributed by atoms with Crippen LogP contribution in [-0.4, -0.2) is 13.7 Å². The molecule has 20 heavy (non-hydrogen) atoms. The highest BCUT2D eigenvalue weighted by molar-refractivity contribution is 6.31. The van der Waals surface area contributed by atoms with E-state index in [-0.39, 0.29) is 11.9 Å². The molecule has 0 fully saturated rings. The smallest absolute Gasteiger partial charge is 0.123 e. The van der Waals surface area contributed by atoms with Gasteiger partial charge in [0.05, 0.1) is 13.2 Å². The van der Waals surface area contributed by atoms with Gasteiger partial charge in [0.2, 0.25) is 0 Å². The van der Waals surface area contributed by atoms with Crippen LogP contribution in [-0.2, 0) is 0 Å². The van der Waals surface area contributed by atoms with Crippen LogP contribution in [0.3, 0.4) is 0 Å². The molecule has 2 aromatic rings. The highest BCUT2D eigenvalue weighted by Gasteiger charge is 2.16. The average Bonchev–Trinajstić information content (AvgIpc) is 2.48. The molecule has 1 atom stereocenters. The second-order valence-corrected chi connectivity index (χ2v) is 4.84. The second kappa shape index (κ2) is 6.73. The predicted molar refractivity (Wildman–Crippen MR) is 79.9 cm³/mol. The molecule has 0 spiro atoms. The Morgan fingerprint density at radius 3 is 2.50 bits per heavy atom. The summed E-state index contributed by atoms with van der Waals surface area (Å²) in [5, 5.41) is 3.88. The van der Waals surface area contributed by atoms with E-state index in [4.69, 9.17) is 16.3 Å². The number of nitrogens with one attached hydrogen (secondary N) is 1. The van der Waals surface area contributed by atoms with Crippen molar-refractivity contribution < 1.29 is 9.13 Å². The molecule has 0 bridgehead atoms. The van der Waals surface area contributed by atoms with Gasteiger partial charge in [-0.15, -0.1) is 0 Å². The predicted octanol–water partition coefficient (Wildman–Crippen LogP) is 4.19. The summed E-state index contributed by atoms with van der Waals surface area (Å²) in [6, 6.07) is 11.9. The van der Waals surface area contributed by atoms with Crippen LogP contribution in [0.25, 0.3) is 0 Å². The number of ether oxygens (including phenoxy) is 1. The molecule has 0 radical (unpaired) electrons. The third-order valence-electron chi connectivity index (χ3n) is 3.13. The summed E-state index contributed by atoms with van der Waals surface area (Å²) in [4.78, 5) is 0. The van der Waals surface area contributed by atoms with Gasteiger partial charge in [-0.1, -0.05) is 30.7 Å². The summed E-state index contributed by atoms with van der Waals surface area (Å²) >= 11 is 6.20. The summed E-state index contributed by atoms with van der Waals surface area (Å²) in [6.07, 6.45) is 0. The lowest BCUT2D eigenvalue weighted by Crippen LogP contribution is -2.22. The molecule has 2 nitrogen and oxygen atoms in total. The number of halogens is 2. The van der Waals surface area contributed by atoms with E-state index < -0.39 is 0 Å². The van der Waals surface area contributed by atoms with Gasteiger partial charge in [-0.25, -0.2) is 4.39 Å². The zero-order valence-corrected chi connectivity index (χ0v) is 12.2. The Morgan fingerprint density at radius 2 is 1.90 bits per heavy atom. The lowest BCUT2D eigenvalue weighted by molar-refractivity contribution is 0.414. The fraction of sp³-hybridized carbons (Fsp3) is 0.250. The average molecular weight is 294 g/mol. The Hall–Kier alpha value is -1.58. The van der Waals surface area contributed by atoms with Crippen molar-refractivity contribution in [2.24, 2.45) is 0 Å². The van der Waals surface area contributed by atoms with Crippen LogP contribution in [0.5, 0.6) is 5.75 Å². The van der Waals surface area contributed by atoms with Gasteiger partial charge in [0.25, 0.3) is 0 Å². The first-order valence-corrected chi connectivity index (χ1v) is 6.85. The molecule has 106 valence electrons. The van der Waals surface area contributed by atoms with Crippen LogP contribution in [0.1, 0.15) is 24.1 Å². The lowest BCUT2D eigenvalue weighted by atomic mass is 9.98. The van der Waals surface area contributed by atoms with E-state index >= 15 is 0 Å². The first-order valence-electron chi connectivity index (χ1n) is 6.48. The SMILES string of the molecule is CCNC(c1ccc(OC)cc1)c1cc(F)ccc1Cl. The molecule has 0 amide bonds. The van der Waals surface area contributed by atoms with E-state index in [0.717, 1.165) is 23.4 Å². The van der Waals surface area contributed by atoms with E-state index in [9.17, 15) is 4.39 Å². The maximum Gasteiger partial charge on any atom is 0.123 e. The van der Waals surface area contributed by atoms with Crippen molar-refractivity contribution in [2.75, 3.05) is 13.7 Å². The van der Waals surface area contributed by atoms with Crippen molar-refractivity contribution >= 4 is 11.6 Å². The van der Waals surface area contributed by atoms with E-state index in [2.05, 4.69) is 5.32 Å². The molecule has 0 aromatic heterocycles. The molecule has 1 N–H and O–H groups in total. The van der Waals surface area contributed by atoms with E-state index in [0.29, 0.717) is 5.02 Å². The zero-order valence-electron chi connectivity index (χ0n) is 11.5. The van der Waals surface area contributed by atoms with Gasteiger partial charge in [-0.3, -0.25) is 0 Å². The Labute approximate surface area is 123 Å². The summed E-state index contributed by atoms with van der Waals surface area (Å²) in [7, 11) is 1.63. The molecule has 2 aromatic carbocycles. The first kappa shape index (κ1) is 14.8. The third-order valence-corrected chi connectivity index (χ3v) is 3.47. The van der Waals surface area contributed by atoms with Crippen molar-refractivity contribution in [1.29, 1.82) is 0 Å². The van der Waals surface area contributed by atoms with Crippen molar-refractivity contribution in [2.45, 2.75) is 13.0 Å². The molecule has 0 heterocycles.